The summed E-state index contributed by atoms with van der Waals surface area (Å²) in [5, 5.41) is 6.40. The minimum absolute atomic E-state index is 0.632. The standard InChI is InChI=1S/C19H19BrN2OS.C2H6/c1-3-23-11-14-5-4-13(2)17(10-14)21-19-22-18(12-24-19)15-6-8-16(20)9-7-15;1-2/h4-10,12H,3,11H2,1-2H3,(H,21,22);1-2H3. The van der Waals surface area contributed by atoms with E-state index >= 15 is 0 Å². The number of benzene rings is 2. The van der Waals surface area contributed by atoms with E-state index in [4.69, 9.17) is 9.72 Å². The van der Waals surface area contributed by atoms with Crippen LogP contribution >= 0.6 is 27.3 Å². The highest BCUT2D eigenvalue weighted by molar-refractivity contribution is 9.10. The fourth-order valence-electron chi connectivity index (χ4n) is 2.31. The number of aryl methyl sites for hydroxylation is 1. The van der Waals surface area contributed by atoms with E-state index in [0.717, 1.165) is 38.7 Å². The normalized spacial score (nSPS) is 10.2. The van der Waals surface area contributed by atoms with Gasteiger partial charge in [-0.15, -0.1) is 11.3 Å². The lowest BCUT2D eigenvalue weighted by molar-refractivity contribution is 0.134. The summed E-state index contributed by atoms with van der Waals surface area (Å²) in [5.41, 5.74) is 5.52. The van der Waals surface area contributed by atoms with Crippen LogP contribution in [-0.4, -0.2) is 11.6 Å². The summed E-state index contributed by atoms with van der Waals surface area (Å²) in [6, 6.07) is 14.5. The quantitative estimate of drug-likeness (QED) is 0.447. The van der Waals surface area contributed by atoms with Crippen molar-refractivity contribution in [1.82, 2.24) is 4.98 Å². The molecule has 1 N–H and O–H groups in total. The van der Waals surface area contributed by atoms with Gasteiger partial charge in [0.15, 0.2) is 5.13 Å². The van der Waals surface area contributed by atoms with E-state index < -0.39 is 0 Å². The minimum Gasteiger partial charge on any atom is -0.377 e. The van der Waals surface area contributed by atoms with Crippen molar-refractivity contribution in [2.24, 2.45) is 0 Å². The fraction of sp³-hybridized carbons (Fsp3) is 0.286. The van der Waals surface area contributed by atoms with Crippen molar-refractivity contribution in [2.45, 2.75) is 34.3 Å². The van der Waals surface area contributed by atoms with Crippen LogP contribution in [0.3, 0.4) is 0 Å². The van der Waals surface area contributed by atoms with Crippen LogP contribution in [0.4, 0.5) is 10.8 Å². The second kappa shape index (κ2) is 10.5. The number of halogens is 1. The second-order valence-electron chi connectivity index (χ2n) is 5.46. The van der Waals surface area contributed by atoms with Gasteiger partial charge in [-0.3, -0.25) is 0 Å². The molecule has 3 nitrogen and oxygen atoms in total. The molecular weight excluding hydrogens is 408 g/mol. The Hall–Kier alpha value is -1.69. The predicted molar refractivity (Wildman–Crippen MR) is 116 cm³/mol. The van der Waals surface area contributed by atoms with Gasteiger partial charge >= 0.3 is 0 Å². The molecule has 0 aliphatic carbocycles. The highest BCUT2D eigenvalue weighted by Crippen LogP contribution is 2.29. The van der Waals surface area contributed by atoms with Gasteiger partial charge in [0.25, 0.3) is 0 Å². The molecule has 0 aliphatic heterocycles. The Morgan fingerprint density at radius 3 is 2.54 bits per heavy atom. The largest absolute Gasteiger partial charge is 0.377 e. The molecule has 1 aromatic heterocycles. The molecule has 5 heteroatoms. The molecule has 3 rings (SSSR count). The van der Waals surface area contributed by atoms with Crippen LogP contribution in [0.15, 0.2) is 52.3 Å². The van der Waals surface area contributed by atoms with Crippen LogP contribution in [0, 0.1) is 6.92 Å². The lowest BCUT2D eigenvalue weighted by Crippen LogP contribution is -1.97. The first-order valence-corrected chi connectivity index (χ1v) is 10.5. The first kappa shape index (κ1) is 20.6. The van der Waals surface area contributed by atoms with Gasteiger partial charge in [-0.05, 0) is 43.2 Å². The number of hydrogen-bond donors (Lipinski definition) is 1. The molecule has 0 saturated carbocycles. The van der Waals surface area contributed by atoms with Crippen molar-refractivity contribution in [2.75, 3.05) is 11.9 Å². The summed E-state index contributed by atoms with van der Waals surface area (Å²) in [6.45, 7) is 9.45. The van der Waals surface area contributed by atoms with Crippen molar-refractivity contribution in [1.29, 1.82) is 0 Å². The van der Waals surface area contributed by atoms with Gasteiger partial charge in [0, 0.05) is 27.7 Å². The van der Waals surface area contributed by atoms with Gasteiger partial charge in [-0.2, -0.15) is 0 Å². The molecule has 138 valence electrons. The average Bonchev–Trinajstić information content (AvgIpc) is 3.13. The topological polar surface area (TPSA) is 34.1 Å². The van der Waals surface area contributed by atoms with E-state index in [9.17, 15) is 0 Å². The summed E-state index contributed by atoms with van der Waals surface area (Å²) < 4.78 is 6.56. The summed E-state index contributed by atoms with van der Waals surface area (Å²) in [7, 11) is 0. The van der Waals surface area contributed by atoms with Gasteiger partial charge in [0.2, 0.25) is 0 Å². The number of anilines is 2. The third-order valence-electron chi connectivity index (χ3n) is 3.66. The molecule has 0 aliphatic rings. The highest BCUT2D eigenvalue weighted by atomic mass is 79.9. The maximum atomic E-state index is 5.49. The van der Waals surface area contributed by atoms with Crippen LogP contribution in [0.1, 0.15) is 31.9 Å². The zero-order valence-corrected chi connectivity index (χ0v) is 18.1. The zero-order valence-electron chi connectivity index (χ0n) is 15.7. The average molecular weight is 433 g/mol. The van der Waals surface area contributed by atoms with E-state index in [0.29, 0.717) is 6.61 Å². The van der Waals surface area contributed by atoms with E-state index in [1.54, 1.807) is 11.3 Å². The Labute approximate surface area is 168 Å². The van der Waals surface area contributed by atoms with E-state index in [-0.39, 0.29) is 0 Å². The fourth-order valence-corrected chi connectivity index (χ4v) is 3.31. The van der Waals surface area contributed by atoms with Crippen LogP contribution in [0.5, 0.6) is 0 Å². The maximum Gasteiger partial charge on any atom is 0.187 e. The summed E-state index contributed by atoms with van der Waals surface area (Å²) in [5.74, 6) is 0. The Kier molecular flexibility index (Phi) is 8.29. The highest BCUT2D eigenvalue weighted by Gasteiger charge is 2.07. The lowest BCUT2D eigenvalue weighted by Gasteiger charge is -2.09. The van der Waals surface area contributed by atoms with Crippen molar-refractivity contribution in [3.63, 3.8) is 0 Å². The summed E-state index contributed by atoms with van der Waals surface area (Å²) in [6.07, 6.45) is 0. The van der Waals surface area contributed by atoms with Crippen molar-refractivity contribution >= 4 is 38.1 Å². The van der Waals surface area contributed by atoms with Gasteiger partial charge in [-0.25, -0.2) is 4.98 Å². The molecule has 3 aromatic rings. The first-order valence-electron chi connectivity index (χ1n) is 8.81. The molecule has 0 fully saturated rings. The van der Waals surface area contributed by atoms with Gasteiger partial charge in [-0.1, -0.05) is 54.0 Å². The van der Waals surface area contributed by atoms with E-state index in [1.807, 2.05) is 32.9 Å². The third-order valence-corrected chi connectivity index (χ3v) is 4.95. The number of nitrogens with one attached hydrogen (secondary N) is 1. The van der Waals surface area contributed by atoms with Gasteiger partial charge < -0.3 is 10.1 Å². The predicted octanol–water partition coefficient (Wildman–Crippen LogP) is 7.19. The number of thiazole rings is 1. The van der Waals surface area contributed by atoms with Crippen LogP contribution in [0.25, 0.3) is 11.3 Å². The molecule has 1 heterocycles. The summed E-state index contributed by atoms with van der Waals surface area (Å²) >= 11 is 5.07. The van der Waals surface area contributed by atoms with Gasteiger partial charge in [0.1, 0.15) is 0 Å². The number of aromatic nitrogens is 1. The molecule has 0 saturated heterocycles. The Bertz CT molecular complexity index is 815. The molecule has 0 amide bonds. The van der Waals surface area contributed by atoms with Crippen molar-refractivity contribution < 1.29 is 4.74 Å². The Morgan fingerprint density at radius 1 is 1.12 bits per heavy atom. The molecular formula is C21H25BrN2OS. The van der Waals surface area contributed by atoms with Crippen molar-refractivity contribution in [3.8, 4) is 11.3 Å². The minimum atomic E-state index is 0.632. The SMILES string of the molecule is CC.CCOCc1ccc(C)c(Nc2nc(-c3ccc(Br)cc3)cs2)c1. The molecule has 0 radical (unpaired) electrons. The molecule has 0 unspecified atom stereocenters. The monoisotopic (exact) mass is 432 g/mol. The van der Waals surface area contributed by atoms with Crippen LogP contribution < -0.4 is 5.32 Å². The third kappa shape index (κ3) is 5.66. The smallest absolute Gasteiger partial charge is 0.187 e. The first-order chi connectivity index (χ1) is 12.7. The molecule has 0 atom stereocenters. The number of ether oxygens (including phenoxy) is 1. The molecule has 26 heavy (non-hydrogen) atoms. The number of rotatable bonds is 6. The summed E-state index contributed by atoms with van der Waals surface area (Å²) in [4.78, 5) is 4.70. The van der Waals surface area contributed by atoms with E-state index in [1.165, 1.54) is 5.56 Å². The lowest BCUT2D eigenvalue weighted by atomic mass is 10.1. The van der Waals surface area contributed by atoms with Crippen molar-refractivity contribution in [3.05, 3.63) is 63.4 Å². The Morgan fingerprint density at radius 2 is 1.85 bits per heavy atom. The molecule has 2 aromatic carbocycles. The zero-order chi connectivity index (χ0) is 18.9. The van der Waals surface area contributed by atoms with E-state index in [2.05, 4.69) is 63.9 Å². The number of hydrogen-bond acceptors (Lipinski definition) is 4. The van der Waals surface area contributed by atoms with Gasteiger partial charge in [0.05, 0.1) is 12.3 Å². The maximum absolute atomic E-state index is 5.49. The second-order valence-corrected chi connectivity index (χ2v) is 7.23. The molecule has 0 bridgehead atoms. The number of nitrogens with zero attached hydrogens (tertiary/aromatic N) is 1. The molecule has 0 spiro atoms. The Balaban J connectivity index is 0.00000117. The van der Waals surface area contributed by atoms with Crippen LogP contribution in [-0.2, 0) is 11.3 Å². The van der Waals surface area contributed by atoms with Crippen LogP contribution in [0.2, 0.25) is 0 Å².